The second-order valence-electron chi connectivity index (χ2n) is 9.45. The van der Waals surface area contributed by atoms with Gasteiger partial charge in [-0.05, 0) is 38.3 Å². The molecule has 41 heavy (non-hydrogen) atoms. The standard InChI is InChI=1S/C27H27F3N6O5/c1-4-41-24(37)17-11-22(34-23-16(17)6-5-7-18(23)27(28,29)30)33-21-12-19-20(13-31-21)35(2)26(39)36(19)15-9-8-14(10-15)32-25(38)40-3/h5-7,11-15H,4,8-10H2,1-3H3,(H,32,38)(H,31,33,34)/t14-,15-/m1/s1/i2D3. The molecule has 14 heteroatoms. The molecule has 1 fully saturated rings. The molecule has 0 saturated heterocycles. The normalized spacial score (nSPS) is 18.5. The summed E-state index contributed by atoms with van der Waals surface area (Å²) in [6.07, 6.45) is -2.99. The van der Waals surface area contributed by atoms with E-state index < -0.39 is 48.0 Å². The number of aromatic nitrogens is 4. The van der Waals surface area contributed by atoms with Crippen LogP contribution in [0.5, 0.6) is 0 Å². The number of nitrogens with zero attached hydrogens (tertiary/aromatic N) is 4. The van der Waals surface area contributed by atoms with Crippen LogP contribution in [0.3, 0.4) is 0 Å². The number of esters is 1. The Morgan fingerprint density at radius 2 is 2.00 bits per heavy atom. The molecule has 0 spiro atoms. The van der Waals surface area contributed by atoms with Crippen molar-refractivity contribution >= 4 is 45.6 Å². The Morgan fingerprint density at radius 1 is 1.20 bits per heavy atom. The Balaban J connectivity index is 1.62. The van der Waals surface area contributed by atoms with Gasteiger partial charge in [-0.15, -0.1) is 0 Å². The summed E-state index contributed by atoms with van der Waals surface area (Å²) in [4.78, 5) is 46.2. The van der Waals surface area contributed by atoms with E-state index in [0.29, 0.717) is 23.8 Å². The second kappa shape index (κ2) is 10.7. The van der Waals surface area contributed by atoms with Crippen LogP contribution in [0.25, 0.3) is 21.9 Å². The first-order chi connectivity index (χ1) is 20.7. The molecule has 3 heterocycles. The molecule has 1 aliphatic carbocycles. The predicted molar refractivity (Wildman–Crippen MR) is 143 cm³/mol. The van der Waals surface area contributed by atoms with Crippen LogP contribution in [0.2, 0.25) is 0 Å². The first kappa shape index (κ1) is 24.2. The maximum absolute atomic E-state index is 13.9. The predicted octanol–water partition coefficient (Wildman–Crippen LogP) is 4.67. The van der Waals surface area contributed by atoms with Crippen molar-refractivity contribution in [3.05, 3.63) is 58.1 Å². The SMILES string of the molecule is [2H]C([2H])([2H])n1c(=O)n([C@@H]2CC[C@@H](NC(=O)OC)C2)c2cc(Nc3cc(C(=O)OCC)c4cccc(C(F)(F)F)c4n3)ncc21. The van der Waals surface area contributed by atoms with Crippen LogP contribution >= 0.6 is 0 Å². The molecule has 1 amide bonds. The minimum atomic E-state index is -4.77. The topological polar surface area (TPSA) is 129 Å². The molecule has 5 rings (SSSR count). The molecular formula is C27H27F3N6O5. The van der Waals surface area contributed by atoms with Crippen LogP contribution in [-0.4, -0.2) is 50.9 Å². The molecule has 0 aliphatic heterocycles. The lowest BCUT2D eigenvalue weighted by Gasteiger charge is -2.15. The van der Waals surface area contributed by atoms with E-state index in [1.807, 2.05) is 0 Å². The third-order valence-electron chi connectivity index (χ3n) is 6.93. The molecule has 0 bridgehead atoms. The van der Waals surface area contributed by atoms with E-state index in [1.54, 1.807) is 6.92 Å². The Bertz CT molecular complexity index is 1820. The van der Waals surface area contributed by atoms with E-state index >= 15 is 0 Å². The van der Waals surface area contributed by atoms with Crippen molar-refractivity contribution < 1.29 is 36.3 Å². The fourth-order valence-electron chi connectivity index (χ4n) is 5.14. The van der Waals surface area contributed by atoms with Gasteiger partial charge in [0.15, 0.2) is 0 Å². The Kier molecular flexibility index (Phi) is 6.34. The molecule has 0 radical (unpaired) electrons. The fourth-order valence-corrected chi connectivity index (χ4v) is 5.14. The van der Waals surface area contributed by atoms with Crippen LogP contribution < -0.4 is 16.3 Å². The van der Waals surface area contributed by atoms with Gasteiger partial charge in [-0.3, -0.25) is 9.13 Å². The number of hydrogen-bond donors (Lipinski definition) is 2. The summed E-state index contributed by atoms with van der Waals surface area (Å²) >= 11 is 0. The second-order valence-corrected chi connectivity index (χ2v) is 9.45. The average Bonchev–Trinajstić information content (AvgIpc) is 3.52. The molecular weight excluding hydrogens is 545 g/mol. The molecule has 11 nitrogen and oxygen atoms in total. The summed E-state index contributed by atoms with van der Waals surface area (Å²) in [5.41, 5.74) is -2.34. The number of fused-ring (bicyclic) bond motifs is 2. The van der Waals surface area contributed by atoms with Crippen LogP contribution in [0.1, 0.15) is 52.3 Å². The minimum absolute atomic E-state index is 0.00275. The van der Waals surface area contributed by atoms with Crippen molar-refractivity contribution in [2.45, 2.75) is 44.4 Å². The number of rotatable bonds is 6. The highest BCUT2D eigenvalue weighted by Gasteiger charge is 2.34. The number of halogens is 3. The number of anilines is 2. The molecule has 216 valence electrons. The lowest BCUT2D eigenvalue weighted by Crippen LogP contribution is -2.33. The number of methoxy groups -OCH3 is 1. The number of benzene rings is 1. The van der Waals surface area contributed by atoms with Gasteiger partial charge >= 0.3 is 23.9 Å². The number of para-hydroxylation sites is 1. The molecule has 1 aromatic carbocycles. The van der Waals surface area contributed by atoms with Crippen molar-refractivity contribution in [1.29, 1.82) is 0 Å². The van der Waals surface area contributed by atoms with Crippen molar-refractivity contribution in [2.75, 3.05) is 19.0 Å². The molecule has 4 aromatic rings. The monoisotopic (exact) mass is 575 g/mol. The number of alkyl halides is 3. The third kappa shape index (κ3) is 5.28. The summed E-state index contributed by atoms with van der Waals surface area (Å²) in [6.45, 7) is -1.30. The zero-order chi connectivity index (χ0) is 32.0. The number of amides is 1. The molecule has 0 unspecified atom stereocenters. The Hall–Kier alpha value is -4.62. The van der Waals surface area contributed by atoms with E-state index in [9.17, 15) is 27.6 Å². The molecule has 2 N–H and O–H groups in total. The summed E-state index contributed by atoms with van der Waals surface area (Å²) < 4.78 is 77.1. The summed E-state index contributed by atoms with van der Waals surface area (Å²) in [6, 6.07) is 5.14. The van der Waals surface area contributed by atoms with Crippen LogP contribution in [-0.2, 0) is 22.6 Å². The fraction of sp³-hybridized carbons (Fsp3) is 0.370. The highest BCUT2D eigenvalue weighted by molar-refractivity contribution is 6.05. The largest absolute Gasteiger partial charge is 0.462 e. The van der Waals surface area contributed by atoms with E-state index in [0.717, 1.165) is 12.3 Å². The van der Waals surface area contributed by atoms with Crippen molar-refractivity contribution in [2.24, 2.45) is 6.98 Å². The number of aryl methyl sites for hydroxylation is 1. The van der Waals surface area contributed by atoms with Gasteiger partial charge in [-0.25, -0.2) is 24.4 Å². The van der Waals surface area contributed by atoms with Gasteiger partial charge in [0.05, 0.1) is 47.6 Å². The molecule has 2 atom stereocenters. The number of carbonyl (C=O) groups excluding carboxylic acids is 2. The number of hydrogen-bond acceptors (Lipinski definition) is 8. The zero-order valence-corrected chi connectivity index (χ0v) is 21.9. The van der Waals surface area contributed by atoms with Crippen LogP contribution in [0.15, 0.2) is 41.3 Å². The molecule has 3 aromatic heterocycles. The van der Waals surface area contributed by atoms with Crippen molar-refractivity contribution in [3.8, 4) is 0 Å². The van der Waals surface area contributed by atoms with E-state index in [2.05, 4.69) is 25.3 Å². The molecule has 1 saturated carbocycles. The number of imidazole rings is 1. The smallest absolute Gasteiger partial charge is 0.418 e. The van der Waals surface area contributed by atoms with Gasteiger partial charge < -0.3 is 20.1 Å². The van der Waals surface area contributed by atoms with Gasteiger partial charge in [-0.2, -0.15) is 13.2 Å². The van der Waals surface area contributed by atoms with Gasteiger partial charge in [-0.1, -0.05) is 12.1 Å². The van der Waals surface area contributed by atoms with E-state index in [1.165, 1.54) is 35.9 Å². The minimum Gasteiger partial charge on any atom is -0.462 e. The highest BCUT2D eigenvalue weighted by Crippen LogP contribution is 2.36. The van der Waals surface area contributed by atoms with E-state index in [-0.39, 0.29) is 46.3 Å². The molecule has 1 aliphatic rings. The van der Waals surface area contributed by atoms with Crippen LogP contribution in [0, 0.1) is 0 Å². The summed E-state index contributed by atoms with van der Waals surface area (Å²) in [7, 11) is 1.22. The quantitative estimate of drug-likeness (QED) is 0.318. The number of ether oxygens (including phenoxy) is 2. The maximum Gasteiger partial charge on any atom is 0.418 e. The maximum atomic E-state index is 13.9. The lowest BCUT2D eigenvalue weighted by atomic mass is 10.0. The number of pyridine rings is 2. The van der Waals surface area contributed by atoms with Gasteiger partial charge in [0.2, 0.25) is 0 Å². The van der Waals surface area contributed by atoms with Crippen molar-refractivity contribution in [1.82, 2.24) is 24.4 Å². The van der Waals surface area contributed by atoms with Crippen LogP contribution in [0.4, 0.5) is 29.6 Å². The van der Waals surface area contributed by atoms with Gasteiger partial charge in [0.1, 0.15) is 11.6 Å². The highest BCUT2D eigenvalue weighted by atomic mass is 19.4. The first-order valence-electron chi connectivity index (χ1n) is 14.2. The number of carbonyl (C=O) groups is 2. The third-order valence-corrected chi connectivity index (χ3v) is 6.93. The van der Waals surface area contributed by atoms with E-state index in [4.69, 9.17) is 8.85 Å². The van der Waals surface area contributed by atoms with Gasteiger partial charge in [0, 0.05) is 34.6 Å². The number of alkyl carbamates (subject to hydrolysis) is 1. The Morgan fingerprint density at radius 3 is 2.71 bits per heavy atom. The average molecular weight is 576 g/mol. The summed E-state index contributed by atoms with van der Waals surface area (Å²) in [5, 5.41) is 5.42. The lowest BCUT2D eigenvalue weighted by molar-refractivity contribution is -0.136. The number of nitrogens with one attached hydrogen (secondary N) is 2. The summed E-state index contributed by atoms with van der Waals surface area (Å²) in [5.74, 6) is -1.01. The zero-order valence-electron chi connectivity index (χ0n) is 24.9. The van der Waals surface area contributed by atoms with Gasteiger partial charge in [0.25, 0.3) is 0 Å². The van der Waals surface area contributed by atoms with Crippen molar-refractivity contribution in [3.63, 3.8) is 0 Å². The Labute approximate surface area is 235 Å². The first-order valence-corrected chi connectivity index (χ1v) is 12.7.